The van der Waals surface area contributed by atoms with Gasteiger partial charge in [-0.1, -0.05) is 23.7 Å². The molecule has 0 atom stereocenters. The van der Waals surface area contributed by atoms with E-state index in [1.54, 1.807) is 22.1 Å². The molecule has 1 N–H and O–H groups in total. The molecule has 0 radical (unpaired) electrons. The van der Waals surface area contributed by atoms with Crippen molar-refractivity contribution >= 4 is 40.7 Å². The highest BCUT2D eigenvalue weighted by atomic mass is 35.5. The zero-order chi connectivity index (χ0) is 16.8. The van der Waals surface area contributed by atoms with Crippen molar-refractivity contribution in [3.63, 3.8) is 0 Å². The summed E-state index contributed by atoms with van der Waals surface area (Å²) in [6, 6.07) is 5.52. The molecule has 0 bridgehead atoms. The molecule has 1 fully saturated rings. The quantitative estimate of drug-likeness (QED) is 0.833. The maximum Gasteiger partial charge on any atom is 0.330 e. The molecule has 0 aliphatic carbocycles. The van der Waals surface area contributed by atoms with Gasteiger partial charge in [-0.3, -0.25) is 9.80 Å². The van der Waals surface area contributed by atoms with Crippen molar-refractivity contribution in [2.75, 3.05) is 22.9 Å². The number of anilines is 2. The first-order chi connectivity index (χ1) is 11.6. The molecule has 0 unspecified atom stereocenters. The van der Waals surface area contributed by atoms with Gasteiger partial charge in [-0.15, -0.1) is 0 Å². The third-order valence-corrected chi connectivity index (χ3v) is 4.88. The number of aryl methyl sites for hydroxylation is 1. The standard InChI is InChI=1S/C16H15Cl2N5O/c1-9-3-2-4-12(17)13(9)22-8-10-5-20-15(18)21-14(10)23(16(22)24)11-6-19-7-11/h2-5,11,19H,6-8H2,1H3. The fraction of sp³-hybridized carbons (Fsp3) is 0.312. The SMILES string of the molecule is Cc1cccc(Cl)c1N1Cc2cnc(Cl)nc2N(C2CNC2)C1=O. The number of urea groups is 1. The van der Waals surface area contributed by atoms with Gasteiger partial charge in [0.15, 0.2) is 0 Å². The lowest BCUT2D eigenvalue weighted by Crippen LogP contribution is -2.63. The molecule has 0 saturated carbocycles. The number of benzene rings is 1. The summed E-state index contributed by atoms with van der Waals surface area (Å²) in [6.45, 7) is 3.76. The predicted molar refractivity (Wildman–Crippen MR) is 93.9 cm³/mol. The van der Waals surface area contributed by atoms with Crippen molar-refractivity contribution in [3.05, 3.63) is 45.8 Å². The molecule has 0 spiro atoms. The van der Waals surface area contributed by atoms with Crippen molar-refractivity contribution in [2.24, 2.45) is 0 Å². The fourth-order valence-corrected chi connectivity index (χ4v) is 3.53. The van der Waals surface area contributed by atoms with Crippen molar-refractivity contribution in [1.29, 1.82) is 0 Å². The van der Waals surface area contributed by atoms with Crippen LogP contribution in [0.3, 0.4) is 0 Å². The summed E-state index contributed by atoms with van der Waals surface area (Å²) in [5.74, 6) is 0.590. The molecule has 124 valence electrons. The third kappa shape index (κ3) is 2.42. The largest absolute Gasteiger partial charge is 0.330 e. The summed E-state index contributed by atoms with van der Waals surface area (Å²) in [6.07, 6.45) is 1.68. The monoisotopic (exact) mass is 363 g/mol. The topological polar surface area (TPSA) is 61.4 Å². The van der Waals surface area contributed by atoms with E-state index in [4.69, 9.17) is 23.2 Å². The van der Waals surface area contributed by atoms with Crippen LogP contribution < -0.4 is 15.1 Å². The highest BCUT2D eigenvalue weighted by Gasteiger charge is 2.40. The number of rotatable bonds is 2. The Morgan fingerprint density at radius 3 is 2.75 bits per heavy atom. The Labute approximate surface area is 149 Å². The molecule has 6 nitrogen and oxygen atoms in total. The van der Waals surface area contributed by atoms with Gasteiger partial charge in [0.1, 0.15) is 5.82 Å². The summed E-state index contributed by atoms with van der Waals surface area (Å²) >= 11 is 12.3. The number of carbonyl (C=O) groups excluding carboxylic acids is 1. The molecule has 2 aromatic rings. The molecule has 8 heteroatoms. The Bertz CT molecular complexity index is 804. The Hall–Kier alpha value is -1.89. The first-order valence-electron chi connectivity index (χ1n) is 7.64. The molecule has 2 aliphatic heterocycles. The molecule has 2 aliphatic rings. The van der Waals surface area contributed by atoms with Crippen LogP contribution in [-0.4, -0.2) is 35.1 Å². The summed E-state index contributed by atoms with van der Waals surface area (Å²) in [5, 5.41) is 3.88. The Morgan fingerprint density at radius 1 is 1.29 bits per heavy atom. The lowest BCUT2D eigenvalue weighted by molar-refractivity contribution is 0.243. The Kier molecular flexibility index (Phi) is 3.83. The van der Waals surface area contributed by atoms with Crippen LogP contribution in [0.4, 0.5) is 16.3 Å². The minimum atomic E-state index is -0.139. The van der Waals surface area contributed by atoms with Crippen LogP contribution in [0, 0.1) is 6.92 Å². The van der Waals surface area contributed by atoms with Crippen molar-refractivity contribution in [1.82, 2.24) is 15.3 Å². The molecular weight excluding hydrogens is 349 g/mol. The van der Waals surface area contributed by atoms with E-state index in [2.05, 4.69) is 15.3 Å². The van der Waals surface area contributed by atoms with E-state index in [0.29, 0.717) is 17.4 Å². The lowest BCUT2D eigenvalue weighted by atomic mass is 10.1. The zero-order valence-corrected chi connectivity index (χ0v) is 14.5. The van der Waals surface area contributed by atoms with E-state index in [1.807, 2.05) is 19.1 Å². The van der Waals surface area contributed by atoms with Gasteiger partial charge in [0.05, 0.1) is 23.3 Å². The number of amides is 2. The van der Waals surface area contributed by atoms with Crippen LogP contribution in [0.2, 0.25) is 10.3 Å². The summed E-state index contributed by atoms with van der Waals surface area (Å²) in [7, 11) is 0. The molecule has 1 aromatic heterocycles. The molecule has 4 rings (SSSR count). The first kappa shape index (κ1) is 15.6. The van der Waals surface area contributed by atoms with Gasteiger partial charge in [-0.2, -0.15) is 4.98 Å². The normalized spacial score (nSPS) is 17.7. The van der Waals surface area contributed by atoms with Crippen molar-refractivity contribution < 1.29 is 4.79 Å². The van der Waals surface area contributed by atoms with Crippen molar-refractivity contribution in [3.8, 4) is 0 Å². The van der Waals surface area contributed by atoms with Gasteiger partial charge in [0, 0.05) is 24.8 Å². The summed E-state index contributed by atoms with van der Waals surface area (Å²) < 4.78 is 0. The highest BCUT2D eigenvalue weighted by molar-refractivity contribution is 6.34. The van der Waals surface area contributed by atoms with E-state index < -0.39 is 0 Å². The smallest absolute Gasteiger partial charge is 0.313 e. The minimum Gasteiger partial charge on any atom is -0.313 e. The number of hydrogen-bond donors (Lipinski definition) is 1. The van der Waals surface area contributed by atoms with E-state index in [9.17, 15) is 4.79 Å². The molecule has 1 aromatic carbocycles. The van der Waals surface area contributed by atoms with Crippen molar-refractivity contribution in [2.45, 2.75) is 19.5 Å². The highest BCUT2D eigenvalue weighted by Crippen LogP contribution is 2.37. The number of fused-ring (bicyclic) bond motifs is 1. The van der Waals surface area contributed by atoms with Crippen LogP contribution >= 0.6 is 23.2 Å². The molecular formula is C16H15Cl2N5O. The summed E-state index contributed by atoms with van der Waals surface area (Å²) in [5.41, 5.74) is 2.52. The van der Waals surface area contributed by atoms with Gasteiger partial charge in [-0.25, -0.2) is 9.78 Å². The van der Waals surface area contributed by atoms with Crippen LogP contribution in [0.5, 0.6) is 0 Å². The van der Waals surface area contributed by atoms with Gasteiger partial charge in [0.25, 0.3) is 0 Å². The number of aromatic nitrogens is 2. The maximum absolute atomic E-state index is 13.2. The number of para-hydroxylation sites is 1. The van der Waals surface area contributed by atoms with Gasteiger partial charge >= 0.3 is 6.03 Å². The third-order valence-electron chi connectivity index (χ3n) is 4.39. The number of halogens is 2. The number of hydrogen-bond acceptors (Lipinski definition) is 4. The molecule has 24 heavy (non-hydrogen) atoms. The number of nitrogens with one attached hydrogen (secondary N) is 1. The minimum absolute atomic E-state index is 0.0489. The van der Waals surface area contributed by atoms with Gasteiger partial charge < -0.3 is 5.32 Å². The van der Waals surface area contributed by atoms with Gasteiger partial charge in [0.2, 0.25) is 5.28 Å². The second-order valence-electron chi connectivity index (χ2n) is 5.94. The van der Waals surface area contributed by atoms with Crippen LogP contribution in [0.1, 0.15) is 11.1 Å². The van der Waals surface area contributed by atoms with E-state index >= 15 is 0 Å². The second-order valence-corrected chi connectivity index (χ2v) is 6.69. The number of carbonyl (C=O) groups is 1. The maximum atomic E-state index is 13.2. The molecule has 3 heterocycles. The molecule has 2 amide bonds. The Balaban J connectivity index is 1.84. The van der Waals surface area contributed by atoms with Crippen LogP contribution in [0.25, 0.3) is 0 Å². The summed E-state index contributed by atoms with van der Waals surface area (Å²) in [4.78, 5) is 25.0. The average Bonchev–Trinajstić information content (AvgIpc) is 2.49. The van der Waals surface area contributed by atoms with Crippen LogP contribution in [-0.2, 0) is 6.54 Å². The number of nitrogens with zero attached hydrogens (tertiary/aromatic N) is 4. The predicted octanol–water partition coefficient (Wildman–Crippen LogP) is 3.01. The first-order valence-corrected chi connectivity index (χ1v) is 8.40. The molecule has 1 saturated heterocycles. The average molecular weight is 364 g/mol. The second kappa shape index (κ2) is 5.88. The van der Waals surface area contributed by atoms with E-state index in [0.717, 1.165) is 29.9 Å². The fourth-order valence-electron chi connectivity index (χ4n) is 3.08. The van der Waals surface area contributed by atoms with Gasteiger partial charge in [-0.05, 0) is 30.2 Å². The zero-order valence-electron chi connectivity index (χ0n) is 13.0. The van der Waals surface area contributed by atoms with E-state index in [-0.39, 0.29) is 17.4 Å². The van der Waals surface area contributed by atoms with E-state index in [1.165, 1.54) is 0 Å². The lowest BCUT2D eigenvalue weighted by Gasteiger charge is -2.44. The Morgan fingerprint density at radius 2 is 2.08 bits per heavy atom. The van der Waals surface area contributed by atoms with Crippen LogP contribution in [0.15, 0.2) is 24.4 Å².